The van der Waals surface area contributed by atoms with Crippen molar-refractivity contribution in [2.45, 2.75) is 111 Å². The monoisotopic (exact) mass is 478 g/mol. The van der Waals surface area contributed by atoms with Crippen LogP contribution in [0.4, 0.5) is 0 Å². The van der Waals surface area contributed by atoms with Gasteiger partial charge in [-0.1, -0.05) is 19.8 Å². The summed E-state index contributed by atoms with van der Waals surface area (Å²) in [5.41, 5.74) is 3.84. The summed E-state index contributed by atoms with van der Waals surface area (Å²) in [5, 5.41) is 39.2. The predicted octanol–water partition coefficient (Wildman–Crippen LogP) is 5.76. The molecular weight excluding hydrogens is 428 g/mol. The third kappa shape index (κ3) is 7.86. The molecule has 0 radical (unpaired) electrons. The van der Waals surface area contributed by atoms with Crippen LogP contribution in [-0.2, 0) is 6.42 Å². The zero-order chi connectivity index (χ0) is 25.3. The van der Waals surface area contributed by atoms with Gasteiger partial charge >= 0.3 is 0 Å². The number of hydrogen-bond donors (Lipinski definition) is 4. The second kappa shape index (κ2) is 13.7. The summed E-state index contributed by atoms with van der Waals surface area (Å²) < 4.78 is 6.55. The van der Waals surface area contributed by atoms with Crippen molar-refractivity contribution in [1.29, 1.82) is 0 Å². The van der Waals surface area contributed by atoms with E-state index in [2.05, 4.69) is 13.8 Å². The SMILES string of the molecule is Cc1c(C)c2c(c(C)c1O)CCC(C)(CCCC(CO)CCCC(CO)CCCC(C)CO)O2. The smallest absolute Gasteiger partial charge is 0.127 e. The van der Waals surface area contributed by atoms with Gasteiger partial charge in [0.25, 0.3) is 0 Å². The topological polar surface area (TPSA) is 90.2 Å². The highest BCUT2D eigenvalue weighted by atomic mass is 16.5. The van der Waals surface area contributed by atoms with Gasteiger partial charge in [0.15, 0.2) is 0 Å². The highest BCUT2D eigenvalue weighted by Gasteiger charge is 2.34. The van der Waals surface area contributed by atoms with Crippen LogP contribution >= 0.6 is 0 Å². The lowest BCUT2D eigenvalue weighted by molar-refractivity contribution is 0.0497. The van der Waals surface area contributed by atoms with Crippen LogP contribution in [0.15, 0.2) is 0 Å². The van der Waals surface area contributed by atoms with Crippen LogP contribution in [0.2, 0.25) is 0 Å². The van der Waals surface area contributed by atoms with E-state index in [1.165, 1.54) is 0 Å². The first-order valence-electron chi connectivity index (χ1n) is 13.5. The van der Waals surface area contributed by atoms with Crippen molar-refractivity contribution in [3.63, 3.8) is 0 Å². The summed E-state index contributed by atoms with van der Waals surface area (Å²) >= 11 is 0. The van der Waals surface area contributed by atoms with Crippen LogP contribution < -0.4 is 4.74 Å². The molecule has 1 aliphatic heterocycles. The molecule has 0 saturated heterocycles. The number of aromatic hydroxyl groups is 1. The summed E-state index contributed by atoms with van der Waals surface area (Å²) in [6.45, 7) is 10.9. The highest BCUT2D eigenvalue weighted by Crippen LogP contribution is 2.44. The van der Waals surface area contributed by atoms with E-state index < -0.39 is 0 Å². The van der Waals surface area contributed by atoms with E-state index in [0.717, 1.165) is 98.6 Å². The average Bonchev–Trinajstić information content (AvgIpc) is 2.83. The maximum absolute atomic E-state index is 10.4. The fourth-order valence-corrected chi connectivity index (χ4v) is 5.43. The fourth-order valence-electron chi connectivity index (χ4n) is 5.43. The second-order valence-corrected chi connectivity index (χ2v) is 11.2. The Morgan fingerprint density at radius 2 is 1.35 bits per heavy atom. The van der Waals surface area contributed by atoms with Crippen molar-refractivity contribution >= 4 is 0 Å². The van der Waals surface area contributed by atoms with E-state index >= 15 is 0 Å². The Hall–Kier alpha value is -1.30. The zero-order valence-corrected chi connectivity index (χ0v) is 22.3. The molecule has 4 unspecified atom stereocenters. The van der Waals surface area contributed by atoms with E-state index in [0.29, 0.717) is 23.5 Å². The lowest BCUT2D eigenvalue weighted by Gasteiger charge is -2.38. The molecule has 4 atom stereocenters. The van der Waals surface area contributed by atoms with E-state index in [1.807, 2.05) is 20.8 Å². The van der Waals surface area contributed by atoms with Gasteiger partial charge in [0.2, 0.25) is 0 Å². The normalized spacial score (nSPS) is 20.5. The summed E-state index contributed by atoms with van der Waals surface area (Å²) in [5.74, 6) is 2.33. The second-order valence-electron chi connectivity index (χ2n) is 11.2. The quantitative estimate of drug-likeness (QED) is 0.257. The van der Waals surface area contributed by atoms with Crippen LogP contribution in [0.25, 0.3) is 0 Å². The van der Waals surface area contributed by atoms with Crippen LogP contribution in [0.3, 0.4) is 0 Å². The molecular formula is C29H50O5. The lowest BCUT2D eigenvalue weighted by atomic mass is 9.83. The van der Waals surface area contributed by atoms with E-state index in [4.69, 9.17) is 9.84 Å². The molecule has 5 heteroatoms. The maximum atomic E-state index is 10.4. The molecule has 1 aromatic carbocycles. The minimum absolute atomic E-state index is 0.207. The van der Waals surface area contributed by atoms with Crippen LogP contribution in [0.1, 0.15) is 100 Å². The van der Waals surface area contributed by atoms with Gasteiger partial charge in [-0.25, -0.2) is 0 Å². The Balaban J connectivity index is 1.78. The predicted molar refractivity (Wildman–Crippen MR) is 139 cm³/mol. The molecule has 0 bridgehead atoms. The Morgan fingerprint density at radius 3 is 1.91 bits per heavy atom. The third-order valence-electron chi connectivity index (χ3n) is 8.27. The number of hydrogen-bond acceptors (Lipinski definition) is 5. The standard InChI is InChI=1S/C29H50O5/c1-20(17-30)9-6-10-24(18-31)11-7-12-25(19-32)13-8-15-29(5)16-14-26-23(4)27(33)21(2)22(3)28(26)34-29/h20,24-25,30-33H,6-19H2,1-5H3. The van der Waals surface area contributed by atoms with Gasteiger partial charge in [0.1, 0.15) is 17.1 Å². The van der Waals surface area contributed by atoms with Crippen molar-refractivity contribution in [3.05, 3.63) is 22.3 Å². The minimum Gasteiger partial charge on any atom is -0.507 e. The summed E-state index contributed by atoms with van der Waals surface area (Å²) in [4.78, 5) is 0. The number of aliphatic hydroxyl groups is 3. The first-order chi connectivity index (χ1) is 16.2. The van der Waals surface area contributed by atoms with Gasteiger partial charge in [0.05, 0.1) is 0 Å². The van der Waals surface area contributed by atoms with Crippen LogP contribution in [0, 0.1) is 38.5 Å². The summed E-state index contributed by atoms with van der Waals surface area (Å²) in [7, 11) is 0. The van der Waals surface area contributed by atoms with Gasteiger partial charge in [-0.3, -0.25) is 0 Å². The lowest BCUT2D eigenvalue weighted by Crippen LogP contribution is -2.37. The molecule has 0 aromatic heterocycles. The van der Waals surface area contributed by atoms with Crippen LogP contribution in [0.5, 0.6) is 11.5 Å². The molecule has 0 aliphatic carbocycles. The number of rotatable bonds is 15. The molecule has 4 N–H and O–H groups in total. The molecule has 1 heterocycles. The Labute approximate surface area is 207 Å². The molecule has 0 amide bonds. The molecule has 0 spiro atoms. The molecule has 0 fully saturated rings. The van der Waals surface area contributed by atoms with Crippen LogP contribution in [-0.4, -0.2) is 45.8 Å². The largest absolute Gasteiger partial charge is 0.507 e. The van der Waals surface area contributed by atoms with Crippen molar-refractivity contribution in [1.82, 2.24) is 0 Å². The van der Waals surface area contributed by atoms with E-state index in [9.17, 15) is 15.3 Å². The van der Waals surface area contributed by atoms with Crippen molar-refractivity contribution in [2.24, 2.45) is 17.8 Å². The third-order valence-corrected chi connectivity index (χ3v) is 8.27. The number of phenolic OH excluding ortho intramolecular Hbond substituents is 1. The summed E-state index contributed by atoms with van der Waals surface area (Å²) in [6.07, 6.45) is 11.0. The van der Waals surface area contributed by atoms with Crippen molar-refractivity contribution in [2.75, 3.05) is 19.8 Å². The first-order valence-corrected chi connectivity index (χ1v) is 13.5. The van der Waals surface area contributed by atoms with E-state index in [1.54, 1.807) is 0 Å². The number of fused-ring (bicyclic) bond motifs is 1. The first kappa shape index (κ1) is 28.9. The molecule has 196 valence electrons. The molecule has 5 nitrogen and oxygen atoms in total. The molecule has 34 heavy (non-hydrogen) atoms. The van der Waals surface area contributed by atoms with Gasteiger partial charge in [-0.05, 0) is 120 Å². The number of ether oxygens (including phenoxy) is 1. The van der Waals surface area contributed by atoms with Crippen molar-refractivity contribution < 1.29 is 25.2 Å². The van der Waals surface area contributed by atoms with Gasteiger partial charge < -0.3 is 25.2 Å². The Bertz CT molecular complexity index is 762. The molecule has 2 rings (SSSR count). The number of phenols is 1. The Morgan fingerprint density at radius 1 is 0.794 bits per heavy atom. The Kier molecular flexibility index (Phi) is 11.7. The highest BCUT2D eigenvalue weighted by molar-refractivity contribution is 5.58. The maximum Gasteiger partial charge on any atom is 0.127 e. The molecule has 0 saturated carbocycles. The molecule has 1 aromatic rings. The number of benzene rings is 1. The number of aliphatic hydroxyl groups excluding tert-OH is 3. The zero-order valence-electron chi connectivity index (χ0n) is 22.3. The van der Waals surface area contributed by atoms with Gasteiger partial charge in [0, 0.05) is 25.4 Å². The average molecular weight is 479 g/mol. The minimum atomic E-state index is -0.207. The summed E-state index contributed by atoms with van der Waals surface area (Å²) in [6, 6.07) is 0. The molecule has 1 aliphatic rings. The van der Waals surface area contributed by atoms with E-state index in [-0.39, 0.29) is 25.4 Å². The van der Waals surface area contributed by atoms with Gasteiger partial charge in [-0.15, -0.1) is 0 Å². The van der Waals surface area contributed by atoms with Gasteiger partial charge in [-0.2, -0.15) is 0 Å². The fraction of sp³-hybridized carbons (Fsp3) is 0.793. The van der Waals surface area contributed by atoms with Crippen molar-refractivity contribution in [3.8, 4) is 11.5 Å².